The normalized spacial score (nSPS) is 44.8. The van der Waals surface area contributed by atoms with Crippen LogP contribution in [0.2, 0.25) is 0 Å². The Bertz CT molecular complexity index is 151. The smallest absolute Gasteiger partial charge is 0.0545 e. The van der Waals surface area contributed by atoms with Crippen molar-refractivity contribution < 1.29 is 9.84 Å². The molecule has 0 heterocycles. The van der Waals surface area contributed by atoms with Crippen molar-refractivity contribution in [3.05, 3.63) is 0 Å². The summed E-state index contributed by atoms with van der Waals surface area (Å²) in [4.78, 5) is 0. The second-order valence-electron chi connectivity index (χ2n) is 4.89. The molecule has 0 aromatic carbocycles. The Morgan fingerprint density at radius 3 is 2.23 bits per heavy atom. The molecular weight excluding hydrogens is 164 g/mol. The summed E-state index contributed by atoms with van der Waals surface area (Å²) in [6.45, 7) is 0.920. The van der Waals surface area contributed by atoms with Gasteiger partial charge in [0.15, 0.2) is 0 Å². The van der Waals surface area contributed by atoms with Crippen LogP contribution >= 0.6 is 0 Å². The largest absolute Gasteiger partial charge is 0.393 e. The molecule has 0 spiro atoms. The van der Waals surface area contributed by atoms with Gasteiger partial charge in [0, 0.05) is 13.7 Å². The summed E-state index contributed by atoms with van der Waals surface area (Å²) < 4.78 is 5.21. The number of aliphatic hydroxyl groups is 1. The maximum absolute atomic E-state index is 9.60. The second-order valence-corrected chi connectivity index (χ2v) is 4.89. The van der Waals surface area contributed by atoms with E-state index in [1.54, 1.807) is 7.11 Å². The van der Waals surface area contributed by atoms with Crippen molar-refractivity contribution in [1.29, 1.82) is 0 Å². The molecule has 1 N–H and O–H groups in total. The fourth-order valence-corrected chi connectivity index (χ4v) is 3.33. The predicted octanol–water partition coefficient (Wildman–Crippen LogP) is 1.82. The predicted molar refractivity (Wildman–Crippen MR) is 51.4 cm³/mol. The van der Waals surface area contributed by atoms with Gasteiger partial charge in [0.1, 0.15) is 0 Å². The van der Waals surface area contributed by atoms with Crippen LogP contribution in [0.15, 0.2) is 0 Å². The lowest BCUT2D eigenvalue weighted by Gasteiger charge is -2.40. The molecule has 0 saturated heterocycles. The Labute approximate surface area is 80.3 Å². The summed E-state index contributed by atoms with van der Waals surface area (Å²) in [5.41, 5.74) is 0. The fourth-order valence-electron chi connectivity index (χ4n) is 3.33. The van der Waals surface area contributed by atoms with Crippen molar-refractivity contribution in [2.75, 3.05) is 13.7 Å². The number of rotatable bonds is 2. The van der Waals surface area contributed by atoms with E-state index in [1.807, 2.05) is 0 Å². The van der Waals surface area contributed by atoms with Gasteiger partial charge in [-0.25, -0.2) is 0 Å². The zero-order valence-electron chi connectivity index (χ0n) is 8.41. The van der Waals surface area contributed by atoms with Crippen molar-refractivity contribution in [2.45, 2.75) is 38.2 Å². The van der Waals surface area contributed by atoms with E-state index in [-0.39, 0.29) is 6.10 Å². The topological polar surface area (TPSA) is 29.5 Å². The van der Waals surface area contributed by atoms with Crippen LogP contribution in [0.4, 0.5) is 0 Å². The maximum Gasteiger partial charge on any atom is 0.0545 e. The van der Waals surface area contributed by atoms with E-state index >= 15 is 0 Å². The number of aliphatic hydroxyl groups excluding tert-OH is 1. The van der Waals surface area contributed by atoms with Crippen LogP contribution in [0, 0.1) is 17.8 Å². The van der Waals surface area contributed by atoms with Crippen molar-refractivity contribution >= 4 is 0 Å². The minimum atomic E-state index is -0.00718. The SMILES string of the molecule is COCC1C[C@H]2CC(O)C[C@@H](C1)C2. The third-order valence-electron chi connectivity index (χ3n) is 3.61. The molecule has 0 aromatic rings. The molecule has 76 valence electrons. The number of methoxy groups -OCH3 is 1. The van der Waals surface area contributed by atoms with Crippen LogP contribution in [-0.4, -0.2) is 24.9 Å². The molecule has 2 rings (SSSR count). The van der Waals surface area contributed by atoms with E-state index in [0.29, 0.717) is 0 Å². The van der Waals surface area contributed by atoms with Gasteiger partial charge in [-0.15, -0.1) is 0 Å². The third-order valence-corrected chi connectivity index (χ3v) is 3.61. The Hall–Kier alpha value is -0.0800. The Kier molecular flexibility index (Phi) is 2.89. The van der Waals surface area contributed by atoms with Crippen molar-refractivity contribution in [2.24, 2.45) is 17.8 Å². The van der Waals surface area contributed by atoms with Gasteiger partial charge < -0.3 is 9.84 Å². The first kappa shape index (κ1) is 9.47. The van der Waals surface area contributed by atoms with Gasteiger partial charge in [0.2, 0.25) is 0 Å². The van der Waals surface area contributed by atoms with Gasteiger partial charge in [-0.1, -0.05) is 0 Å². The molecule has 2 fully saturated rings. The van der Waals surface area contributed by atoms with Crippen LogP contribution in [0.5, 0.6) is 0 Å². The van der Waals surface area contributed by atoms with Gasteiger partial charge in [-0.05, 0) is 49.9 Å². The summed E-state index contributed by atoms with van der Waals surface area (Å²) in [6.07, 6.45) is 5.99. The highest BCUT2D eigenvalue weighted by atomic mass is 16.5. The third kappa shape index (κ3) is 2.23. The van der Waals surface area contributed by atoms with E-state index < -0.39 is 0 Å². The first-order valence-electron chi connectivity index (χ1n) is 5.45. The Morgan fingerprint density at radius 2 is 1.69 bits per heavy atom. The summed E-state index contributed by atoms with van der Waals surface area (Å²) >= 11 is 0. The average Bonchev–Trinajstić information content (AvgIpc) is 2.01. The minimum Gasteiger partial charge on any atom is -0.393 e. The highest BCUT2D eigenvalue weighted by molar-refractivity contribution is 4.86. The van der Waals surface area contributed by atoms with Crippen LogP contribution < -0.4 is 0 Å². The standard InChI is InChI=1S/C11H20O2/c1-13-7-10-3-8-2-9(4-10)6-11(12)5-8/h8-12H,2-7H2,1H3/t8-,9+,10?,11?. The fraction of sp³-hybridized carbons (Fsp3) is 1.00. The van der Waals surface area contributed by atoms with E-state index in [2.05, 4.69) is 0 Å². The van der Waals surface area contributed by atoms with E-state index in [9.17, 15) is 5.11 Å². The van der Waals surface area contributed by atoms with E-state index in [0.717, 1.165) is 37.2 Å². The zero-order chi connectivity index (χ0) is 9.26. The van der Waals surface area contributed by atoms with Crippen molar-refractivity contribution in [3.63, 3.8) is 0 Å². The van der Waals surface area contributed by atoms with Crippen molar-refractivity contribution in [3.8, 4) is 0 Å². The van der Waals surface area contributed by atoms with Gasteiger partial charge in [0.25, 0.3) is 0 Å². The second kappa shape index (κ2) is 3.97. The van der Waals surface area contributed by atoms with Crippen LogP contribution in [-0.2, 0) is 4.74 Å². The number of hydrogen-bond acceptors (Lipinski definition) is 2. The van der Waals surface area contributed by atoms with Crippen molar-refractivity contribution in [1.82, 2.24) is 0 Å². The first-order valence-corrected chi connectivity index (χ1v) is 5.45. The molecule has 2 bridgehead atoms. The first-order chi connectivity index (χ1) is 6.28. The minimum absolute atomic E-state index is 0.00718. The molecule has 2 unspecified atom stereocenters. The summed E-state index contributed by atoms with van der Waals surface area (Å²) in [7, 11) is 1.79. The van der Waals surface area contributed by atoms with Gasteiger partial charge in [-0.2, -0.15) is 0 Å². The summed E-state index contributed by atoms with van der Waals surface area (Å²) in [5.74, 6) is 2.33. The van der Waals surface area contributed by atoms with Gasteiger partial charge in [-0.3, -0.25) is 0 Å². The summed E-state index contributed by atoms with van der Waals surface area (Å²) in [5, 5.41) is 9.60. The lowest BCUT2D eigenvalue weighted by atomic mass is 9.67. The molecule has 2 nitrogen and oxygen atoms in total. The van der Waals surface area contributed by atoms with Gasteiger partial charge >= 0.3 is 0 Å². The highest BCUT2D eigenvalue weighted by Gasteiger charge is 2.35. The number of ether oxygens (including phenoxy) is 1. The molecule has 2 aliphatic carbocycles. The maximum atomic E-state index is 9.60. The quantitative estimate of drug-likeness (QED) is 0.709. The van der Waals surface area contributed by atoms with E-state index in [4.69, 9.17) is 4.74 Å². The molecule has 0 aliphatic heterocycles. The van der Waals surface area contributed by atoms with Crippen LogP contribution in [0.1, 0.15) is 32.1 Å². The molecule has 0 amide bonds. The van der Waals surface area contributed by atoms with Crippen LogP contribution in [0.3, 0.4) is 0 Å². The lowest BCUT2D eigenvalue weighted by molar-refractivity contribution is 0.00821. The van der Waals surface area contributed by atoms with E-state index in [1.165, 1.54) is 19.3 Å². The monoisotopic (exact) mass is 184 g/mol. The van der Waals surface area contributed by atoms with Crippen LogP contribution in [0.25, 0.3) is 0 Å². The Balaban J connectivity index is 1.90. The number of fused-ring (bicyclic) bond motifs is 2. The average molecular weight is 184 g/mol. The number of hydrogen-bond donors (Lipinski definition) is 1. The molecular formula is C11H20O2. The molecule has 2 aliphatic rings. The molecule has 0 radical (unpaired) electrons. The summed E-state index contributed by atoms with van der Waals surface area (Å²) in [6, 6.07) is 0. The molecule has 0 aromatic heterocycles. The molecule has 4 atom stereocenters. The zero-order valence-corrected chi connectivity index (χ0v) is 8.41. The molecule has 2 saturated carbocycles. The molecule has 13 heavy (non-hydrogen) atoms. The lowest BCUT2D eigenvalue weighted by Crippen LogP contribution is -2.34. The highest BCUT2D eigenvalue weighted by Crippen LogP contribution is 2.42. The molecule has 2 heteroatoms. The van der Waals surface area contributed by atoms with Gasteiger partial charge in [0.05, 0.1) is 6.10 Å². The Morgan fingerprint density at radius 1 is 1.08 bits per heavy atom.